The van der Waals surface area contributed by atoms with Crippen LogP contribution < -0.4 is 16.4 Å². The van der Waals surface area contributed by atoms with Gasteiger partial charge in [0.2, 0.25) is 5.91 Å². The van der Waals surface area contributed by atoms with Crippen molar-refractivity contribution in [2.75, 3.05) is 12.3 Å². The molecule has 1 aromatic rings. The van der Waals surface area contributed by atoms with Crippen molar-refractivity contribution in [2.45, 2.75) is 18.9 Å². The lowest BCUT2D eigenvalue weighted by Gasteiger charge is -2.23. The number of piperidine rings is 1. The molecule has 0 bridgehead atoms. The lowest BCUT2D eigenvalue weighted by molar-refractivity contribution is -0.124. The number of benzene rings is 1. The Hall–Kier alpha value is -1.46. The Labute approximate surface area is 120 Å². The molecule has 102 valence electrons. The fourth-order valence-electron chi connectivity index (χ4n) is 1.92. The Morgan fingerprint density at radius 3 is 2.84 bits per heavy atom. The average molecular weight is 302 g/mol. The molecule has 0 aromatic heterocycles. The minimum Gasteiger partial charge on any atom is -0.399 e. The van der Waals surface area contributed by atoms with Crippen LogP contribution in [0.15, 0.2) is 12.1 Å². The van der Waals surface area contributed by atoms with E-state index in [-0.39, 0.29) is 21.5 Å². The molecule has 0 spiro atoms. The first-order chi connectivity index (χ1) is 8.99. The number of anilines is 1. The Balaban J connectivity index is 2.18. The van der Waals surface area contributed by atoms with Crippen molar-refractivity contribution >= 4 is 40.7 Å². The summed E-state index contributed by atoms with van der Waals surface area (Å²) in [6.45, 7) is 0.635. The van der Waals surface area contributed by atoms with Crippen LogP contribution in [-0.2, 0) is 4.79 Å². The number of nitrogens with one attached hydrogen (secondary N) is 2. The highest BCUT2D eigenvalue weighted by Crippen LogP contribution is 2.28. The molecule has 0 saturated carbocycles. The van der Waals surface area contributed by atoms with Crippen molar-refractivity contribution in [2.24, 2.45) is 0 Å². The standard InChI is InChI=1S/C12H13Cl2N3O2/c13-8-5-6(15)4-7(10(8)14)11(18)17-9-2-1-3-16-12(9)19/h4-5,9H,1-3,15H2,(H,16,19)(H,17,18). The highest BCUT2D eigenvalue weighted by Gasteiger charge is 2.25. The van der Waals surface area contributed by atoms with Crippen LogP contribution in [0.3, 0.4) is 0 Å². The van der Waals surface area contributed by atoms with Crippen molar-refractivity contribution < 1.29 is 9.59 Å². The molecule has 1 atom stereocenters. The minimum absolute atomic E-state index is 0.129. The molecule has 1 fully saturated rings. The molecular weight excluding hydrogens is 289 g/mol. The number of carbonyl (C=O) groups excluding carboxylic acids is 2. The van der Waals surface area contributed by atoms with E-state index in [9.17, 15) is 9.59 Å². The van der Waals surface area contributed by atoms with Gasteiger partial charge in [-0.3, -0.25) is 9.59 Å². The van der Waals surface area contributed by atoms with Gasteiger partial charge in [-0.05, 0) is 25.0 Å². The number of carbonyl (C=O) groups is 2. The third-order valence-corrected chi connectivity index (χ3v) is 3.69. The SMILES string of the molecule is Nc1cc(Cl)c(Cl)c(C(=O)NC2CCCNC2=O)c1. The van der Waals surface area contributed by atoms with Crippen LogP contribution in [0.5, 0.6) is 0 Å². The number of halogens is 2. The lowest BCUT2D eigenvalue weighted by atomic mass is 10.1. The summed E-state index contributed by atoms with van der Waals surface area (Å²) in [5.41, 5.74) is 6.14. The van der Waals surface area contributed by atoms with Gasteiger partial charge < -0.3 is 16.4 Å². The van der Waals surface area contributed by atoms with E-state index < -0.39 is 11.9 Å². The van der Waals surface area contributed by atoms with Gasteiger partial charge in [-0.2, -0.15) is 0 Å². The van der Waals surface area contributed by atoms with Gasteiger partial charge in [0, 0.05) is 12.2 Å². The molecular formula is C12H13Cl2N3O2. The number of hydrogen-bond acceptors (Lipinski definition) is 3. The molecule has 19 heavy (non-hydrogen) atoms. The van der Waals surface area contributed by atoms with Gasteiger partial charge in [-0.25, -0.2) is 0 Å². The van der Waals surface area contributed by atoms with Gasteiger partial charge in [-0.1, -0.05) is 23.2 Å². The van der Waals surface area contributed by atoms with Crippen molar-refractivity contribution in [3.8, 4) is 0 Å². The zero-order valence-corrected chi connectivity index (χ0v) is 11.5. The first-order valence-electron chi connectivity index (χ1n) is 5.82. The average Bonchev–Trinajstić information content (AvgIpc) is 2.36. The Morgan fingerprint density at radius 2 is 2.16 bits per heavy atom. The predicted molar refractivity (Wildman–Crippen MR) is 74.4 cm³/mol. The highest BCUT2D eigenvalue weighted by molar-refractivity contribution is 6.44. The molecule has 1 heterocycles. The fourth-order valence-corrected chi connectivity index (χ4v) is 2.34. The van der Waals surface area contributed by atoms with Crippen LogP contribution in [-0.4, -0.2) is 24.4 Å². The maximum Gasteiger partial charge on any atom is 0.253 e. The monoisotopic (exact) mass is 301 g/mol. The van der Waals surface area contributed by atoms with Crippen LogP contribution >= 0.6 is 23.2 Å². The molecule has 0 radical (unpaired) electrons. The van der Waals surface area contributed by atoms with Crippen LogP contribution in [0.2, 0.25) is 10.0 Å². The quantitative estimate of drug-likeness (QED) is 0.725. The second-order valence-electron chi connectivity index (χ2n) is 4.32. The highest BCUT2D eigenvalue weighted by atomic mass is 35.5. The largest absolute Gasteiger partial charge is 0.399 e. The summed E-state index contributed by atoms with van der Waals surface area (Å²) in [6, 6.07) is 2.36. The van der Waals surface area contributed by atoms with Crippen LogP contribution in [0.25, 0.3) is 0 Å². The van der Waals surface area contributed by atoms with Gasteiger partial charge in [0.05, 0.1) is 15.6 Å². The van der Waals surface area contributed by atoms with Gasteiger partial charge in [0.1, 0.15) is 6.04 Å². The number of nitrogens with two attached hydrogens (primary N) is 1. The summed E-state index contributed by atoms with van der Waals surface area (Å²) in [5, 5.41) is 5.66. The van der Waals surface area contributed by atoms with Crippen LogP contribution in [0, 0.1) is 0 Å². The third kappa shape index (κ3) is 3.11. The number of rotatable bonds is 2. The Morgan fingerprint density at radius 1 is 1.42 bits per heavy atom. The Kier molecular flexibility index (Phi) is 4.17. The van der Waals surface area contributed by atoms with Crippen LogP contribution in [0.1, 0.15) is 23.2 Å². The van der Waals surface area contributed by atoms with Crippen molar-refractivity contribution in [1.29, 1.82) is 0 Å². The lowest BCUT2D eigenvalue weighted by Crippen LogP contribution is -2.50. The molecule has 2 amide bonds. The van der Waals surface area contributed by atoms with Crippen molar-refractivity contribution in [3.63, 3.8) is 0 Å². The molecule has 1 saturated heterocycles. The normalized spacial score (nSPS) is 18.8. The van der Waals surface area contributed by atoms with E-state index in [0.29, 0.717) is 18.7 Å². The maximum absolute atomic E-state index is 12.1. The first-order valence-corrected chi connectivity index (χ1v) is 6.57. The molecule has 4 N–H and O–H groups in total. The molecule has 1 aromatic carbocycles. The van der Waals surface area contributed by atoms with Gasteiger partial charge >= 0.3 is 0 Å². The summed E-state index contributed by atoms with van der Waals surface area (Å²) in [5.74, 6) is -0.646. The number of amides is 2. The summed E-state index contributed by atoms with van der Waals surface area (Å²) >= 11 is 11.8. The molecule has 1 aliphatic rings. The van der Waals surface area contributed by atoms with E-state index in [0.717, 1.165) is 6.42 Å². The van der Waals surface area contributed by atoms with Gasteiger partial charge in [-0.15, -0.1) is 0 Å². The summed E-state index contributed by atoms with van der Waals surface area (Å²) in [4.78, 5) is 23.7. The van der Waals surface area contributed by atoms with E-state index in [1.807, 2.05) is 0 Å². The minimum atomic E-state index is -0.544. The zero-order valence-electron chi connectivity index (χ0n) is 10.0. The van der Waals surface area contributed by atoms with E-state index in [1.54, 1.807) is 0 Å². The topological polar surface area (TPSA) is 84.2 Å². The third-order valence-electron chi connectivity index (χ3n) is 2.89. The molecule has 5 nitrogen and oxygen atoms in total. The second kappa shape index (κ2) is 5.67. The van der Waals surface area contributed by atoms with E-state index >= 15 is 0 Å². The smallest absolute Gasteiger partial charge is 0.253 e. The van der Waals surface area contributed by atoms with E-state index in [1.165, 1.54) is 12.1 Å². The Bertz CT molecular complexity index is 534. The molecule has 7 heteroatoms. The summed E-state index contributed by atoms with van der Waals surface area (Å²) in [6.07, 6.45) is 1.42. The number of hydrogen-bond donors (Lipinski definition) is 3. The van der Waals surface area contributed by atoms with Crippen molar-refractivity contribution in [1.82, 2.24) is 10.6 Å². The van der Waals surface area contributed by atoms with Gasteiger partial charge in [0.25, 0.3) is 5.91 Å². The van der Waals surface area contributed by atoms with E-state index in [4.69, 9.17) is 28.9 Å². The predicted octanol–water partition coefficient (Wildman–Crippen LogP) is 1.58. The van der Waals surface area contributed by atoms with Crippen molar-refractivity contribution in [3.05, 3.63) is 27.7 Å². The fraction of sp³-hybridized carbons (Fsp3) is 0.333. The number of nitrogen functional groups attached to an aromatic ring is 1. The van der Waals surface area contributed by atoms with Crippen LogP contribution in [0.4, 0.5) is 5.69 Å². The molecule has 0 aliphatic carbocycles. The molecule has 1 aliphatic heterocycles. The first kappa shape index (κ1) is 14.0. The van der Waals surface area contributed by atoms with E-state index in [2.05, 4.69) is 10.6 Å². The maximum atomic E-state index is 12.1. The molecule has 2 rings (SSSR count). The van der Waals surface area contributed by atoms with Gasteiger partial charge in [0.15, 0.2) is 0 Å². The summed E-state index contributed by atoms with van der Waals surface area (Å²) < 4.78 is 0. The summed E-state index contributed by atoms with van der Waals surface area (Å²) in [7, 11) is 0. The zero-order chi connectivity index (χ0) is 14.0. The molecule has 1 unspecified atom stereocenters. The second-order valence-corrected chi connectivity index (χ2v) is 5.11.